The summed E-state index contributed by atoms with van der Waals surface area (Å²) in [7, 11) is -0.946. The predicted molar refractivity (Wildman–Crippen MR) is 80.1 cm³/mol. The molecule has 0 spiro atoms. The molecule has 0 aliphatic heterocycles. The van der Waals surface area contributed by atoms with E-state index in [-0.39, 0.29) is 0 Å². The van der Waals surface area contributed by atoms with Gasteiger partial charge in [0.15, 0.2) is 9.79 Å². The Hall–Kier alpha value is -1.02. The molecule has 25 heavy (non-hydrogen) atoms. The molecule has 2 aromatic carbocycles. The van der Waals surface area contributed by atoms with E-state index < -0.39 is 42.3 Å². The normalized spacial score (nSPS) is 15.0. The molecule has 2 aromatic rings. The summed E-state index contributed by atoms with van der Waals surface area (Å²) in [4.78, 5) is 1.45. The van der Waals surface area contributed by atoms with Crippen molar-refractivity contribution in [2.45, 2.75) is 16.0 Å². The molecule has 0 saturated carbocycles. The Balaban J connectivity index is 0.000000381. The molecule has 0 unspecified atom stereocenters. The van der Waals surface area contributed by atoms with Gasteiger partial charge in [-0.25, -0.2) is 0 Å². The number of hydrogen-bond acceptors (Lipinski definition) is 0. The third-order valence-corrected chi connectivity index (χ3v) is 4.66. The Morgan fingerprint density at radius 1 is 0.640 bits per heavy atom. The van der Waals surface area contributed by atoms with Crippen LogP contribution in [0.25, 0.3) is 0 Å². The van der Waals surface area contributed by atoms with Crippen LogP contribution < -0.4 is 0 Å². The van der Waals surface area contributed by atoms with Crippen LogP contribution in [-0.4, -0.2) is 31.4 Å². The van der Waals surface area contributed by atoms with Gasteiger partial charge in [-0.3, -0.25) is 0 Å². The first-order chi connectivity index (χ1) is 11.0. The van der Waals surface area contributed by atoms with Crippen LogP contribution in [0.3, 0.4) is 0 Å². The molecule has 142 valence electrons. The zero-order valence-electron chi connectivity index (χ0n) is 12.2. The second-order valence-electron chi connectivity index (χ2n) is 4.73. The summed E-state index contributed by atoms with van der Waals surface area (Å²) in [5.41, 5.74) is 0. The molecular weight excluding hydrogens is 493 g/mol. The van der Waals surface area contributed by atoms with E-state index in [1.807, 2.05) is 12.1 Å². The van der Waals surface area contributed by atoms with Crippen molar-refractivity contribution in [2.24, 2.45) is 0 Å². The molecular formula is C14H12F9SSb. The molecule has 0 atom stereocenters. The fourth-order valence-corrected chi connectivity index (χ4v) is 3.54. The van der Waals surface area contributed by atoms with Gasteiger partial charge in [-0.05, 0) is 24.3 Å². The molecule has 0 aliphatic carbocycles. The number of benzene rings is 2. The van der Waals surface area contributed by atoms with Gasteiger partial charge in [0.1, 0.15) is 0 Å². The summed E-state index contributed by atoms with van der Waals surface area (Å²) in [6.07, 6.45) is -4.16. The van der Waals surface area contributed by atoms with Crippen LogP contribution in [0.4, 0.5) is 30.0 Å². The number of halogens is 9. The standard InChI is InChI=1S/C14H12F3S.6FH.Sb/c15-14(16,17)11-18(12-7-3-1-4-8-12)13-9-5-2-6-10-13;;;;;;;/h1-10H,11H2;6*1H;/q+1;;;;;;;+5/p-6. The van der Waals surface area contributed by atoms with E-state index in [2.05, 4.69) is 0 Å². The molecule has 0 heterocycles. The molecule has 0 aliphatic rings. The quantitative estimate of drug-likeness (QED) is 0.257. The summed E-state index contributed by atoms with van der Waals surface area (Å²) in [5.74, 6) is -0.805. The average Bonchev–Trinajstić information content (AvgIpc) is 2.42. The van der Waals surface area contributed by atoms with Crippen LogP contribution in [0.2, 0.25) is 0 Å². The molecule has 0 bridgehead atoms. The van der Waals surface area contributed by atoms with E-state index in [4.69, 9.17) is 0 Å². The van der Waals surface area contributed by atoms with Crippen molar-refractivity contribution in [2.75, 3.05) is 5.75 Å². The molecule has 0 fully saturated rings. The van der Waals surface area contributed by atoms with Crippen molar-refractivity contribution in [1.82, 2.24) is 0 Å². The summed E-state index contributed by atoms with van der Waals surface area (Å²) in [6.45, 7) is 0. The van der Waals surface area contributed by atoms with Crippen molar-refractivity contribution in [1.29, 1.82) is 0 Å². The molecule has 0 aromatic heterocycles. The van der Waals surface area contributed by atoms with Crippen molar-refractivity contribution in [3.05, 3.63) is 60.7 Å². The summed E-state index contributed by atoms with van der Waals surface area (Å²) in [5, 5.41) is 0. The molecule has 0 nitrogen and oxygen atoms in total. The number of rotatable bonds is 3. The topological polar surface area (TPSA) is 0 Å². The zero-order valence-corrected chi connectivity index (χ0v) is 15.6. The van der Waals surface area contributed by atoms with Crippen LogP contribution >= 0.6 is 0 Å². The fourth-order valence-electron chi connectivity index (χ4n) is 1.64. The van der Waals surface area contributed by atoms with Gasteiger partial charge >= 0.3 is 42.5 Å². The van der Waals surface area contributed by atoms with E-state index >= 15 is 0 Å². The van der Waals surface area contributed by atoms with Crippen molar-refractivity contribution in [3.63, 3.8) is 0 Å². The second kappa shape index (κ2) is 6.94. The van der Waals surface area contributed by atoms with E-state index in [9.17, 15) is 30.0 Å². The van der Waals surface area contributed by atoms with Crippen molar-refractivity contribution >= 4 is 30.4 Å². The summed E-state index contributed by atoms with van der Waals surface area (Å²) in [6, 6.07) is 17.7. The number of hydrogen-bond donors (Lipinski definition) is 0. The van der Waals surface area contributed by atoms with E-state index in [1.54, 1.807) is 48.5 Å². The third kappa shape index (κ3) is 12.9. The maximum absolute atomic E-state index is 12.7. The molecule has 0 N–H and O–H groups in total. The third-order valence-electron chi connectivity index (χ3n) is 2.36. The first kappa shape index (κ1) is 22.0. The number of alkyl halides is 3. The van der Waals surface area contributed by atoms with E-state index in [0.29, 0.717) is 0 Å². The minimum atomic E-state index is -11.2. The van der Waals surface area contributed by atoms with Crippen LogP contribution in [-0.2, 0) is 10.9 Å². The first-order valence-corrected chi connectivity index (χ1v) is 13.6. The van der Waals surface area contributed by atoms with Gasteiger partial charge in [0.25, 0.3) is 0 Å². The van der Waals surface area contributed by atoms with Gasteiger partial charge in [-0.15, -0.1) is 0 Å². The average molecular weight is 505 g/mol. The minimum absolute atomic E-state index is 0.723. The molecule has 0 radical (unpaired) electrons. The Bertz CT molecular complexity index is 615. The van der Waals surface area contributed by atoms with Crippen LogP contribution in [0.1, 0.15) is 0 Å². The van der Waals surface area contributed by atoms with Crippen molar-refractivity contribution in [3.8, 4) is 0 Å². The second-order valence-corrected chi connectivity index (χ2v) is 12.2. The van der Waals surface area contributed by atoms with Gasteiger partial charge in [-0.1, -0.05) is 36.4 Å². The maximum atomic E-state index is 12.7. The van der Waals surface area contributed by atoms with Crippen molar-refractivity contribution < 1.29 is 30.0 Å². The van der Waals surface area contributed by atoms with Crippen LogP contribution in [0.5, 0.6) is 0 Å². The van der Waals surface area contributed by atoms with E-state index in [0.717, 1.165) is 9.79 Å². The zero-order chi connectivity index (χ0) is 19.4. The summed E-state index contributed by atoms with van der Waals surface area (Å²) >= 11 is -11.2. The van der Waals surface area contributed by atoms with Crippen LogP contribution in [0, 0.1) is 0 Å². The van der Waals surface area contributed by atoms with Gasteiger partial charge in [0, 0.05) is 0 Å². The fraction of sp³-hybridized carbons (Fsp3) is 0.143. The van der Waals surface area contributed by atoms with Gasteiger partial charge in [0.2, 0.25) is 5.75 Å². The predicted octanol–water partition coefficient (Wildman–Crippen LogP) is 6.43. The Morgan fingerprint density at radius 2 is 0.920 bits per heavy atom. The van der Waals surface area contributed by atoms with Gasteiger partial charge in [0.05, 0.1) is 10.9 Å². The van der Waals surface area contributed by atoms with Gasteiger partial charge in [-0.2, -0.15) is 13.2 Å². The SMILES string of the molecule is FC(F)(F)C[S+](c1ccccc1)c1ccccc1.[F][Sb-]([F])([F])([F])([F])[F]. The van der Waals surface area contributed by atoms with Crippen LogP contribution in [0.15, 0.2) is 70.5 Å². The first-order valence-electron chi connectivity index (χ1n) is 6.45. The molecule has 2 rings (SSSR count). The van der Waals surface area contributed by atoms with Gasteiger partial charge < -0.3 is 0 Å². The molecule has 0 saturated heterocycles. The molecule has 11 heteroatoms. The Morgan fingerprint density at radius 3 is 1.16 bits per heavy atom. The summed E-state index contributed by atoms with van der Waals surface area (Å²) < 4.78 is 97.6. The Kier molecular flexibility index (Phi) is 6.12. The Labute approximate surface area is 142 Å². The molecule has 0 amide bonds. The van der Waals surface area contributed by atoms with E-state index in [1.165, 1.54) is 0 Å². The monoisotopic (exact) mass is 504 g/mol.